The molecule has 2 saturated heterocycles. The van der Waals surface area contributed by atoms with Crippen molar-refractivity contribution in [3.05, 3.63) is 132 Å². The fourth-order valence-corrected chi connectivity index (χ4v) is 16.0. The molecule has 0 bridgehead atoms. The number of carboxylic acids is 3. The summed E-state index contributed by atoms with van der Waals surface area (Å²) >= 11 is 0. The van der Waals surface area contributed by atoms with Crippen LogP contribution in [0.5, 0.6) is 0 Å². The average Bonchev–Trinajstić information content (AvgIpc) is 1.58. The molecule has 8 amide bonds. The molecule has 0 spiro atoms. The molecule has 556 valence electrons. The van der Waals surface area contributed by atoms with Crippen LogP contribution in [0.3, 0.4) is 0 Å². The number of carboxylic acid groups (broad SMARTS) is 3. The van der Waals surface area contributed by atoms with Gasteiger partial charge in [-0.3, -0.25) is 52.9 Å². The lowest BCUT2D eigenvalue weighted by molar-refractivity contribution is -0.436. The van der Waals surface area contributed by atoms with Crippen molar-refractivity contribution in [2.45, 2.75) is 158 Å². The molecule has 4 aromatic rings. The van der Waals surface area contributed by atoms with Gasteiger partial charge in [-0.05, 0) is 91.3 Å². The van der Waals surface area contributed by atoms with E-state index in [1.54, 1.807) is 0 Å². The molecule has 0 aromatic heterocycles. The summed E-state index contributed by atoms with van der Waals surface area (Å²) in [6.45, 7) is 8.90. The van der Waals surface area contributed by atoms with Crippen LogP contribution in [0.1, 0.15) is 116 Å². The molecule has 4 heterocycles. The Labute approximate surface area is 610 Å². The van der Waals surface area contributed by atoms with E-state index >= 15 is 0 Å². The van der Waals surface area contributed by atoms with Gasteiger partial charge in [0, 0.05) is 72.1 Å². The van der Waals surface area contributed by atoms with E-state index in [2.05, 4.69) is 104 Å². The highest BCUT2D eigenvalue weighted by molar-refractivity contribution is 8.76. The second-order valence-electron chi connectivity index (χ2n) is 26.9. The van der Waals surface area contributed by atoms with Crippen LogP contribution in [0.4, 0.5) is 11.4 Å². The minimum atomic E-state index is -1.91. The Balaban J connectivity index is 1.07. The Bertz CT molecular complexity index is 4110. The minimum absolute atomic E-state index is 0.0317. The number of nitrogens with one attached hydrogen (secondary N) is 7. The molecule has 28 nitrogen and oxygen atoms in total. The maximum absolute atomic E-state index is 14.6. The van der Waals surface area contributed by atoms with Gasteiger partial charge in [0.1, 0.15) is 48.7 Å². The van der Waals surface area contributed by atoms with Crippen molar-refractivity contribution >= 4 is 131 Å². The molecule has 4 aliphatic heterocycles. The summed E-state index contributed by atoms with van der Waals surface area (Å²) in [5, 5.41) is 62.1. The molecule has 4 aromatic carbocycles. The SMILES string of the molecule is CCCCC[C@H](NC(=O)[C@@H]1CSSC[C@@H](NC(=O)CCN2/C(=C/C=C/C=C/C=C/C3=[N+](CCC(=O)O)c4ccc5ccccc5c4C3(C)C)C(C)(C)c3c2ccc2ccccc32)C(=O)NCC(=O)N[C@@H](CCCN=C(N)N)C(=O)N[C@@H](CC(=O)O)C(=O)N[C@@H](CO)C(=O)N2CCCC2C(=O)N1)C(=O)O. The van der Waals surface area contributed by atoms with Gasteiger partial charge in [-0.15, -0.1) is 0 Å². The zero-order valence-electron chi connectivity index (χ0n) is 59.0. The number of benzene rings is 4. The summed E-state index contributed by atoms with van der Waals surface area (Å²) in [6, 6.07) is 13.6. The molecule has 1 unspecified atom stereocenters. The van der Waals surface area contributed by atoms with Crippen LogP contribution in [-0.4, -0.2) is 200 Å². The molecule has 4 aliphatic rings. The molecule has 0 aliphatic carbocycles. The number of guanidine groups is 1. The van der Waals surface area contributed by atoms with E-state index in [1.807, 2.05) is 98.0 Å². The Kier molecular flexibility index (Phi) is 28.2. The lowest BCUT2D eigenvalue weighted by Crippen LogP contribution is -2.60. The summed E-state index contributed by atoms with van der Waals surface area (Å²) in [4.78, 5) is 157. The van der Waals surface area contributed by atoms with E-state index in [0.717, 1.165) is 88.4 Å². The molecule has 0 radical (unpaired) electrons. The van der Waals surface area contributed by atoms with Gasteiger partial charge in [-0.1, -0.05) is 147 Å². The van der Waals surface area contributed by atoms with Gasteiger partial charge in [-0.25, -0.2) is 4.79 Å². The number of anilines is 1. The van der Waals surface area contributed by atoms with Crippen molar-refractivity contribution in [1.29, 1.82) is 0 Å². The van der Waals surface area contributed by atoms with Crippen LogP contribution in [0.2, 0.25) is 0 Å². The maximum Gasteiger partial charge on any atom is 0.326 e. The first kappa shape index (κ1) is 79.6. The number of nitrogens with zero attached hydrogens (tertiary/aromatic N) is 4. The van der Waals surface area contributed by atoms with Crippen molar-refractivity contribution in [2.24, 2.45) is 16.5 Å². The number of carbonyl (C=O) groups is 11. The lowest BCUT2D eigenvalue weighted by atomic mass is 9.79. The van der Waals surface area contributed by atoms with Gasteiger partial charge in [0.05, 0.1) is 25.0 Å². The van der Waals surface area contributed by atoms with E-state index in [4.69, 9.17) is 11.5 Å². The van der Waals surface area contributed by atoms with Gasteiger partial charge in [0.2, 0.25) is 52.9 Å². The topological polar surface area (TPSA) is 427 Å². The third-order valence-electron chi connectivity index (χ3n) is 18.8. The fourth-order valence-electron chi connectivity index (χ4n) is 13.6. The second-order valence-corrected chi connectivity index (χ2v) is 29.5. The Hall–Kier alpha value is -10.1. The number of aliphatic hydroxyl groups is 1. The van der Waals surface area contributed by atoms with Gasteiger partial charge in [0.15, 0.2) is 18.2 Å². The Morgan fingerprint density at radius 1 is 0.731 bits per heavy atom. The highest BCUT2D eigenvalue weighted by Gasteiger charge is 2.47. The van der Waals surface area contributed by atoms with Crippen LogP contribution >= 0.6 is 21.6 Å². The minimum Gasteiger partial charge on any atom is -0.481 e. The van der Waals surface area contributed by atoms with Gasteiger partial charge >= 0.3 is 17.9 Å². The number of aliphatic carboxylic acids is 3. The van der Waals surface area contributed by atoms with E-state index in [-0.39, 0.29) is 88.6 Å². The first-order chi connectivity index (χ1) is 49.7. The van der Waals surface area contributed by atoms with Gasteiger partial charge < -0.3 is 78.9 Å². The highest BCUT2D eigenvalue weighted by Crippen LogP contribution is 2.51. The summed E-state index contributed by atoms with van der Waals surface area (Å²) < 4.78 is 2.09. The number of aliphatic hydroxyl groups excluding tert-OH is 1. The zero-order valence-corrected chi connectivity index (χ0v) is 60.6. The van der Waals surface area contributed by atoms with Gasteiger partial charge in [0.25, 0.3) is 0 Å². The smallest absolute Gasteiger partial charge is 0.326 e. The molecule has 30 heteroatoms. The van der Waals surface area contributed by atoms with E-state index in [1.165, 1.54) is 0 Å². The molecule has 15 N–H and O–H groups in total. The third-order valence-corrected chi connectivity index (χ3v) is 21.2. The first-order valence-corrected chi connectivity index (χ1v) is 37.3. The zero-order chi connectivity index (χ0) is 75.4. The van der Waals surface area contributed by atoms with Crippen molar-refractivity contribution in [1.82, 2.24) is 42.1 Å². The number of carbonyl (C=O) groups excluding carboxylic acids is 8. The first-order valence-electron chi connectivity index (χ1n) is 34.8. The highest BCUT2D eigenvalue weighted by atomic mass is 33.1. The van der Waals surface area contributed by atoms with Crippen molar-refractivity contribution < 1.29 is 77.7 Å². The van der Waals surface area contributed by atoms with Crippen molar-refractivity contribution in [3.8, 4) is 0 Å². The summed E-state index contributed by atoms with van der Waals surface area (Å²) in [5.41, 5.74) is 15.7. The summed E-state index contributed by atoms with van der Waals surface area (Å²) in [5.74, 6) is -11.9. The van der Waals surface area contributed by atoms with E-state index in [9.17, 15) is 73.2 Å². The van der Waals surface area contributed by atoms with Crippen LogP contribution in [0.25, 0.3) is 21.5 Å². The normalized spacial score (nSPS) is 22.0. The quantitative estimate of drug-likeness (QED) is 0.0110. The summed E-state index contributed by atoms with van der Waals surface area (Å²) in [6.07, 6.45) is 14.4. The number of fused-ring (bicyclic) bond motifs is 7. The number of aliphatic imine (C=N–C) groups is 1. The fraction of sp³-hybridized carbons (Fsp3) is 0.446. The number of unbranched alkanes of at least 4 members (excludes halogenated alkanes) is 2. The van der Waals surface area contributed by atoms with Crippen LogP contribution < -0.4 is 53.6 Å². The Morgan fingerprint density at radius 3 is 2.08 bits per heavy atom. The number of allylic oxidation sites excluding steroid dienone is 8. The molecule has 0 saturated carbocycles. The van der Waals surface area contributed by atoms with E-state index in [0.29, 0.717) is 12.8 Å². The molecule has 7 atom stereocenters. The van der Waals surface area contributed by atoms with Crippen molar-refractivity contribution in [2.75, 3.05) is 55.7 Å². The predicted molar refractivity (Wildman–Crippen MR) is 399 cm³/mol. The number of rotatable bonds is 25. The van der Waals surface area contributed by atoms with Crippen LogP contribution in [0, 0.1) is 0 Å². The average molecular weight is 1470 g/mol. The second kappa shape index (κ2) is 36.9. The third kappa shape index (κ3) is 20.2. The largest absolute Gasteiger partial charge is 0.481 e. The van der Waals surface area contributed by atoms with Gasteiger partial charge in [-0.2, -0.15) is 4.58 Å². The standard InChI is InChI=1S/C74H93N13O15S2/c1-6-7-11-24-49(71(101)102)81-68(98)53-43-104-103-42-52(65(95)78-40-60(90)79-48(25-18-35-77-72(75)76)66(96)82-50(39-62(93)94)67(97)83-51(41-88)70(100)87-36-19-26-56(87)69(99)84-53)80-59(89)33-37-85-54-31-29-44-20-14-16-22-46(44)63(54)73(2,3)57(85)27-12-9-8-10-13-28-58-74(4,5)64-47-23-17-15-21-45(47)30-32-55(64)86(58)38-34-61(91)92/h8-10,12-17,20-23,27-32,48-53,56,88H,6-7,11,18-19,24-26,33-43H2,1-5H3,(H13-,75,76,77,78,79,80,81,82,83,84,89,90,91,92,93,94,95,96,97,98,99,101,102)/p+1/t48-,49-,50-,51-,52+,53-,56?/m0/s1. The number of nitrogens with two attached hydrogens (primary N) is 2. The monoisotopic (exact) mass is 1470 g/mol. The lowest BCUT2D eigenvalue weighted by Gasteiger charge is -2.30. The van der Waals surface area contributed by atoms with Crippen molar-refractivity contribution in [3.63, 3.8) is 0 Å². The molecule has 104 heavy (non-hydrogen) atoms. The molecule has 2 fully saturated rings. The summed E-state index contributed by atoms with van der Waals surface area (Å²) in [7, 11) is 2.00. The molecular weight excluding hydrogens is 1380 g/mol. The predicted octanol–water partition coefficient (Wildman–Crippen LogP) is 4.18. The Morgan fingerprint density at radius 2 is 1.39 bits per heavy atom. The number of hydrogen-bond acceptors (Lipinski definition) is 16. The van der Waals surface area contributed by atoms with Crippen LogP contribution in [-0.2, 0) is 63.6 Å². The molecule has 8 rings (SSSR count). The van der Waals surface area contributed by atoms with Crippen LogP contribution in [0.15, 0.2) is 126 Å². The number of hydrogen-bond donors (Lipinski definition) is 13. The maximum atomic E-state index is 14.6. The number of amides is 8. The van der Waals surface area contributed by atoms with E-state index < -0.39 is 138 Å². The molecular formula is C74H94N13O15S2+.